The molecule has 4 heteroatoms. The molecule has 1 aliphatic rings. The van der Waals surface area contributed by atoms with Crippen LogP contribution in [0.15, 0.2) is 24.3 Å². The van der Waals surface area contributed by atoms with E-state index in [9.17, 15) is 8.42 Å². The molecule has 1 aromatic carbocycles. The van der Waals surface area contributed by atoms with Crippen molar-refractivity contribution in [2.75, 3.05) is 11.5 Å². The summed E-state index contributed by atoms with van der Waals surface area (Å²) in [5.74, 6) is 1.01. The van der Waals surface area contributed by atoms with E-state index in [0.717, 1.165) is 19.3 Å². The minimum atomic E-state index is -2.89. The molecule has 1 aromatic rings. The largest absolute Gasteiger partial charge is 0.321 e. The summed E-state index contributed by atoms with van der Waals surface area (Å²) in [6.45, 7) is 3.94. The lowest BCUT2D eigenvalue weighted by molar-refractivity contribution is 0.326. The number of hydrogen-bond donors (Lipinski definition) is 1. The highest BCUT2D eigenvalue weighted by Gasteiger charge is 2.34. The van der Waals surface area contributed by atoms with E-state index in [4.69, 9.17) is 5.73 Å². The van der Waals surface area contributed by atoms with Crippen LogP contribution >= 0.6 is 0 Å². The first-order valence-corrected chi connectivity index (χ1v) is 9.29. The Balaban J connectivity index is 2.13. The first-order chi connectivity index (χ1) is 9.38. The maximum atomic E-state index is 11.6. The van der Waals surface area contributed by atoms with Crippen molar-refractivity contribution in [1.82, 2.24) is 0 Å². The summed E-state index contributed by atoms with van der Waals surface area (Å²) in [6.07, 6.45) is 3.41. The van der Waals surface area contributed by atoms with Gasteiger partial charge in [0.1, 0.15) is 9.84 Å². The maximum absolute atomic E-state index is 11.6. The van der Waals surface area contributed by atoms with Gasteiger partial charge in [0.2, 0.25) is 0 Å². The molecule has 0 aliphatic heterocycles. The van der Waals surface area contributed by atoms with Crippen LogP contribution < -0.4 is 5.73 Å². The van der Waals surface area contributed by atoms with Crippen molar-refractivity contribution in [3.05, 3.63) is 35.4 Å². The fourth-order valence-electron chi connectivity index (χ4n) is 3.16. The Bertz CT molecular complexity index is 568. The Morgan fingerprint density at radius 2 is 2.05 bits per heavy atom. The van der Waals surface area contributed by atoms with Gasteiger partial charge in [-0.25, -0.2) is 8.42 Å². The van der Waals surface area contributed by atoms with Crippen molar-refractivity contribution in [3.8, 4) is 0 Å². The minimum absolute atomic E-state index is 0.220. The summed E-state index contributed by atoms with van der Waals surface area (Å²) in [5.41, 5.74) is 8.80. The second-order valence-electron chi connectivity index (χ2n) is 6.02. The van der Waals surface area contributed by atoms with Gasteiger partial charge in [0.15, 0.2) is 0 Å². The lowest BCUT2D eigenvalue weighted by Crippen LogP contribution is -2.41. The van der Waals surface area contributed by atoms with Crippen LogP contribution in [0.3, 0.4) is 0 Å². The third-order valence-electron chi connectivity index (χ3n) is 4.57. The van der Waals surface area contributed by atoms with E-state index in [0.29, 0.717) is 12.3 Å². The van der Waals surface area contributed by atoms with E-state index in [-0.39, 0.29) is 17.0 Å². The fourth-order valence-corrected chi connectivity index (χ4v) is 4.03. The molecule has 20 heavy (non-hydrogen) atoms. The molecular formula is C16H25NO2S. The van der Waals surface area contributed by atoms with Crippen molar-refractivity contribution >= 4 is 9.84 Å². The van der Waals surface area contributed by atoms with Gasteiger partial charge in [-0.3, -0.25) is 0 Å². The van der Waals surface area contributed by atoms with Crippen molar-refractivity contribution in [1.29, 1.82) is 0 Å². The van der Waals surface area contributed by atoms with Gasteiger partial charge in [0, 0.05) is 11.3 Å². The number of fused-ring (bicyclic) bond motifs is 1. The third-order valence-corrected chi connectivity index (χ3v) is 6.36. The number of hydrogen-bond acceptors (Lipinski definition) is 3. The molecule has 0 spiro atoms. The molecule has 2 unspecified atom stereocenters. The number of rotatable bonds is 5. The normalized spacial score (nSPS) is 26.2. The summed E-state index contributed by atoms with van der Waals surface area (Å²) in [6, 6.07) is 8.35. The second kappa shape index (κ2) is 5.86. The minimum Gasteiger partial charge on any atom is -0.321 e. The third kappa shape index (κ3) is 3.23. The zero-order chi connectivity index (χ0) is 14.8. The molecule has 2 atom stereocenters. The van der Waals surface area contributed by atoms with Crippen molar-refractivity contribution in [2.24, 2.45) is 5.73 Å². The van der Waals surface area contributed by atoms with Crippen molar-refractivity contribution in [3.63, 3.8) is 0 Å². The molecule has 0 bridgehead atoms. The summed E-state index contributed by atoms with van der Waals surface area (Å²) in [7, 11) is -2.89. The molecule has 0 amide bonds. The van der Waals surface area contributed by atoms with Crippen LogP contribution in [-0.4, -0.2) is 19.9 Å². The molecule has 112 valence electrons. The quantitative estimate of drug-likeness (QED) is 0.908. The summed E-state index contributed by atoms with van der Waals surface area (Å²) < 4.78 is 23.2. The molecular weight excluding hydrogens is 270 g/mol. The molecule has 1 aliphatic carbocycles. The monoisotopic (exact) mass is 295 g/mol. The van der Waals surface area contributed by atoms with Gasteiger partial charge in [-0.15, -0.1) is 0 Å². The van der Waals surface area contributed by atoms with Gasteiger partial charge in [-0.05, 0) is 42.7 Å². The van der Waals surface area contributed by atoms with Gasteiger partial charge in [-0.1, -0.05) is 38.1 Å². The first kappa shape index (κ1) is 15.5. The molecule has 2 rings (SSSR count). The SMILES string of the molecule is CCS(=O)(=O)CCCC1(N)CCC(C)c2ccccc21. The first-order valence-electron chi connectivity index (χ1n) is 7.47. The molecule has 3 nitrogen and oxygen atoms in total. The Kier molecular flexibility index (Phi) is 4.55. The summed E-state index contributed by atoms with van der Waals surface area (Å²) >= 11 is 0. The Morgan fingerprint density at radius 1 is 1.35 bits per heavy atom. The second-order valence-corrected chi connectivity index (χ2v) is 8.50. The summed E-state index contributed by atoms with van der Waals surface area (Å²) in [5, 5.41) is 0. The Morgan fingerprint density at radius 3 is 2.75 bits per heavy atom. The lowest BCUT2D eigenvalue weighted by atomic mass is 9.71. The predicted octanol–water partition coefficient (Wildman–Crippen LogP) is 2.95. The summed E-state index contributed by atoms with van der Waals surface area (Å²) in [4.78, 5) is 0. The molecule has 0 radical (unpaired) electrons. The van der Waals surface area contributed by atoms with E-state index in [1.54, 1.807) is 6.92 Å². The molecule has 0 aromatic heterocycles. The van der Waals surface area contributed by atoms with E-state index < -0.39 is 9.84 Å². The van der Waals surface area contributed by atoms with Crippen molar-refractivity contribution in [2.45, 2.75) is 51.0 Å². The van der Waals surface area contributed by atoms with E-state index in [2.05, 4.69) is 25.1 Å². The zero-order valence-corrected chi connectivity index (χ0v) is 13.2. The lowest BCUT2D eigenvalue weighted by Gasteiger charge is -2.38. The van der Waals surface area contributed by atoms with Crippen LogP contribution in [0.5, 0.6) is 0 Å². The Hall–Kier alpha value is -0.870. The standard InChI is InChI=1S/C16H25NO2S/c1-3-20(18,19)12-6-10-16(17)11-9-13(2)14-7-4-5-8-15(14)16/h4-5,7-8,13H,3,6,9-12,17H2,1-2H3. The Labute approximate surface area is 122 Å². The maximum Gasteiger partial charge on any atom is 0.150 e. The smallest absolute Gasteiger partial charge is 0.150 e. The van der Waals surface area contributed by atoms with Gasteiger partial charge in [0.25, 0.3) is 0 Å². The molecule has 0 saturated carbocycles. The van der Waals surface area contributed by atoms with Crippen LogP contribution in [0, 0.1) is 0 Å². The van der Waals surface area contributed by atoms with Crippen molar-refractivity contribution < 1.29 is 8.42 Å². The van der Waals surface area contributed by atoms with E-state index in [1.165, 1.54) is 11.1 Å². The number of benzene rings is 1. The highest BCUT2D eigenvalue weighted by Crippen LogP contribution is 2.41. The van der Waals surface area contributed by atoms with Gasteiger partial charge in [-0.2, -0.15) is 0 Å². The zero-order valence-electron chi connectivity index (χ0n) is 12.4. The van der Waals surface area contributed by atoms with E-state index in [1.807, 2.05) is 6.07 Å². The highest BCUT2D eigenvalue weighted by atomic mass is 32.2. The van der Waals surface area contributed by atoms with Crippen LogP contribution in [0.2, 0.25) is 0 Å². The average molecular weight is 295 g/mol. The van der Waals surface area contributed by atoms with Crippen LogP contribution in [0.4, 0.5) is 0 Å². The van der Waals surface area contributed by atoms with Gasteiger partial charge >= 0.3 is 0 Å². The van der Waals surface area contributed by atoms with Gasteiger partial charge in [0.05, 0.1) is 5.75 Å². The molecule has 0 heterocycles. The fraction of sp³-hybridized carbons (Fsp3) is 0.625. The molecule has 0 fully saturated rings. The average Bonchev–Trinajstić information content (AvgIpc) is 2.44. The number of sulfone groups is 1. The highest BCUT2D eigenvalue weighted by molar-refractivity contribution is 7.91. The predicted molar refractivity (Wildman–Crippen MR) is 83.5 cm³/mol. The van der Waals surface area contributed by atoms with Crippen LogP contribution in [0.25, 0.3) is 0 Å². The van der Waals surface area contributed by atoms with Crippen LogP contribution in [0.1, 0.15) is 56.6 Å². The van der Waals surface area contributed by atoms with E-state index >= 15 is 0 Å². The topological polar surface area (TPSA) is 60.2 Å². The molecule has 2 N–H and O–H groups in total. The van der Waals surface area contributed by atoms with Crippen LogP contribution in [-0.2, 0) is 15.4 Å². The number of nitrogens with two attached hydrogens (primary N) is 1. The van der Waals surface area contributed by atoms with Gasteiger partial charge < -0.3 is 5.73 Å². The molecule has 0 saturated heterocycles.